The van der Waals surface area contributed by atoms with E-state index < -0.39 is 0 Å². The Bertz CT molecular complexity index is 220. The Balaban J connectivity index is 2.39. The van der Waals surface area contributed by atoms with E-state index in [-0.39, 0.29) is 5.91 Å². The zero-order valence-electron chi connectivity index (χ0n) is 11.1. The first-order valence-corrected chi connectivity index (χ1v) is 6.44. The Morgan fingerprint density at radius 3 is 2.38 bits per heavy atom. The van der Waals surface area contributed by atoms with Crippen molar-refractivity contribution in [2.45, 2.75) is 46.1 Å². The van der Waals surface area contributed by atoms with Crippen molar-refractivity contribution in [3.8, 4) is 0 Å². The fourth-order valence-electron chi connectivity index (χ4n) is 2.42. The average Bonchev–Trinajstić information content (AvgIpc) is 2.19. The maximum Gasteiger partial charge on any atom is 0.217 e. The van der Waals surface area contributed by atoms with Gasteiger partial charge in [-0.05, 0) is 51.2 Å². The highest BCUT2D eigenvalue weighted by molar-refractivity contribution is 5.73. The molecule has 0 spiro atoms. The van der Waals surface area contributed by atoms with E-state index in [2.05, 4.69) is 31.1 Å². The fraction of sp³-hybridized carbons (Fsp3) is 0.923. The molecule has 1 unspecified atom stereocenters. The molecule has 0 aromatic rings. The van der Waals surface area contributed by atoms with Crippen molar-refractivity contribution in [3.05, 3.63) is 0 Å². The number of hydrogen-bond acceptors (Lipinski definition) is 2. The van der Waals surface area contributed by atoms with E-state index in [1.165, 1.54) is 25.9 Å². The number of carbonyl (C=O) groups excluding carboxylic acids is 1. The van der Waals surface area contributed by atoms with Crippen LogP contribution in [0.2, 0.25) is 0 Å². The van der Waals surface area contributed by atoms with Gasteiger partial charge in [-0.1, -0.05) is 13.8 Å². The Labute approximate surface area is 99.6 Å². The minimum atomic E-state index is 0.103. The van der Waals surface area contributed by atoms with E-state index in [0.717, 1.165) is 12.3 Å². The summed E-state index contributed by atoms with van der Waals surface area (Å²) in [5.74, 6) is 1.42. The second-order valence-corrected chi connectivity index (χ2v) is 5.53. The van der Waals surface area contributed by atoms with E-state index in [1.807, 2.05) is 0 Å². The van der Waals surface area contributed by atoms with Gasteiger partial charge in [0.25, 0.3) is 0 Å². The molecule has 1 atom stereocenters. The van der Waals surface area contributed by atoms with Gasteiger partial charge in [-0.2, -0.15) is 0 Å². The highest BCUT2D eigenvalue weighted by Crippen LogP contribution is 2.23. The predicted octanol–water partition coefficient (Wildman–Crippen LogP) is 1.88. The van der Waals surface area contributed by atoms with E-state index in [1.54, 1.807) is 6.92 Å². The molecule has 3 heteroatoms. The Kier molecular flexibility index (Phi) is 5.26. The normalized spacial score (nSPS) is 21.1. The van der Waals surface area contributed by atoms with Crippen LogP contribution in [0.3, 0.4) is 0 Å². The first-order chi connectivity index (χ1) is 7.49. The number of carbonyl (C=O) groups is 1. The smallest absolute Gasteiger partial charge is 0.217 e. The molecule has 0 aromatic carbocycles. The Morgan fingerprint density at radius 2 is 1.94 bits per heavy atom. The van der Waals surface area contributed by atoms with Crippen molar-refractivity contribution in [1.82, 2.24) is 10.2 Å². The van der Waals surface area contributed by atoms with Gasteiger partial charge in [0.15, 0.2) is 0 Å². The molecular weight excluding hydrogens is 200 g/mol. The standard InChI is InChI=1S/C13H26N2O/c1-10(2)13(14-11(3)16)9-12-5-7-15(4)8-6-12/h10,12-13H,5-9H2,1-4H3,(H,14,16). The molecule has 1 rings (SSSR count). The molecule has 1 aliphatic rings. The van der Waals surface area contributed by atoms with Gasteiger partial charge in [0.1, 0.15) is 0 Å². The third kappa shape index (κ3) is 4.52. The average molecular weight is 226 g/mol. The number of amides is 1. The summed E-state index contributed by atoms with van der Waals surface area (Å²) in [7, 11) is 2.18. The van der Waals surface area contributed by atoms with Crippen LogP contribution in [0, 0.1) is 11.8 Å². The van der Waals surface area contributed by atoms with Gasteiger partial charge < -0.3 is 10.2 Å². The molecule has 0 bridgehead atoms. The lowest BCUT2D eigenvalue weighted by atomic mass is 9.86. The minimum absolute atomic E-state index is 0.103. The van der Waals surface area contributed by atoms with E-state index >= 15 is 0 Å². The molecule has 1 amide bonds. The zero-order valence-corrected chi connectivity index (χ0v) is 11.1. The largest absolute Gasteiger partial charge is 0.353 e. The van der Waals surface area contributed by atoms with Crippen molar-refractivity contribution in [2.24, 2.45) is 11.8 Å². The maximum atomic E-state index is 11.1. The summed E-state index contributed by atoms with van der Waals surface area (Å²) in [6.45, 7) is 8.40. The van der Waals surface area contributed by atoms with Crippen molar-refractivity contribution < 1.29 is 4.79 Å². The summed E-state index contributed by atoms with van der Waals surface area (Å²) in [5.41, 5.74) is 0. The second kappa shape index (κ2) is 6.24. The van der Waals surface area contributed by atoms with Crippen molar-refractivity contribution in [1.29, 1.82) is 0 Å². The summed E-state index contributed by atoms with van der Waals surface area (Å²) < 4.78 is 0. The SMILES string of the molecule is CC(=O)NC(CC1CCN(C)CC1)C(C)C. The maximum absolute atomic E-state index is 11.1. The summed E-state index contributed by atoms with van der Waals surface area (Å²) in [4.78, 5) is 13.5. The molecule has 0 saturated carbocycles. The monoisotopic (exact) mass is 226 g/mol. The molecule has 16 heavy (non-hydrogen) atoms. The summed E-state index contributed by atoms with van der Waals surface area (Å²) >= 11 is 0. The lowest BCUT2D eigenvalue weighted by Gasteiger charge is -2.32. The van der Waals surface area contributed by atoms with Crippen LogP contribution in [0.15, 0.2) is 0 Å². The molecule has 3 nitrogen and oxygen atoms in total. The molecule has 94 valence electrons. The fourth-order valence-corrected chi connectivity index (χ4v) is 2.42. The highest BCUT2D eigenvalue weighted by Gasteiger charge is 2.23. The van der Waals surface area contributed by atoms with Crippen molar-refractivity contribution in [2.75, 3.05) is 20.1 Å². The van der Waals surface area contributed by atoms with Crippen LogP contribution in [0.4, 0.5) is 0 Å². The van der Waals surface area contributed by atoms with Gasteiger partial charge in [-0.25, -0.2) is 0 Å². The third-order valence-electron chi connectivity index (χ3n) is 3.62. The lowest BCUT2D eigenvalue weighted by Crippen LogP contribution is -2.40. The summed E-state index contributed by atoms with van der Waals surface area (Å²) in [6, 6.07) is 0.353. The van der Waals surface area contributed by atoms with Crippen LogP contribution < -0.4 is 5.32 Å². The van der Waals surface area contributed by atoms with Gasteiger partial charge in [-0.3, -0.25) is 4.79 Å². The molecule has 1 fully saturated rings. The molecular formula is C13H26N2O. The van der Waals surface area contributed by atoms with Crippen LogP contribution in [-0.2, 0) is 4.79 Å². The van der Waals surface area contributed by atoms with E-state index in [4.69, 9.17) is 0 Å². The number of piperidine rings is 1. The third-order valence-corrected chi connectivity index (χ3v) is 3.62. The van der Waals surface area contributed by atoms with Gasteiger partial charge >= 0.3 is 0 Å². The second-order valence-electron chi connectivity index (χ2n) is 5.53. The molecule has 1 N–H and O–H groups in total. The first-order valence-electron chi connectivity index (χ1n) is 6.44. The minimum Gasteiger partial charge on any atom is -0.353 e. The summed E-state index contributed by atoms with van der Waals surface area (Å²) in [6.07, 6.45) is 3.70. The van der Waals surface area contributed by atoms with Gasteiger partial charge in [-0.15, -0.1) is 0 Å². The predicted molar refractivity (Wildman–Crippen MR) is 67.3 cm³/mol. The van der Waals surface area contributed by atoms with Crippen LogP contribution >= 0.6 is 0 Å². The topological polar surface area (TPSA) is 32.3 Å². The van der Waals surface area contributed by atoms with Crippen molar-refractivity contribution in [3.63, 3.8) is 0 Å². The number of likely N-dealkylation sites (tertiary alicyclic amines) is 1. The number of rotatable bonds is 4. The number of hydrogen-bond donors (Lipinski definition) is 1. The Hall–Kier alpha value is -0.570. The van der Waals surface area contributed by atoms with Crippen LogP contribution in [0.5, 0.6) is 0 Å². The molecule has 0 aromatic heterocycles. The summed E-state index contributed by atoms with van der Waals surface area (Å²) in [5, 5.41) is 3.09. The Morgan fingerprint density at radius 1 is 1.38 bits per heavy atom. The zero-order chi connectivity index (χ0) is 12.1. The van der Waals surface area contributed by atoms with Gasteiger partial charge in [0.05, 0.1) is 0 Å². The van der Waals surface area contributed by atoms with Crippen molar-refractivity contribution >= 4 is 5.91 Å². The molecule has 1 heterocycles. The van der Waals surface area contributed by atoms with Crippen LogP contribution in [0.25, 0.3) is 0 Å². The quantitative estimate of drug-likeness (QED) is 0.794. The number of nitrogens with zero attached hydrogens (tertiary/aromatic N) is 1. The molecule has 1 aliphatic heterocycles. The van der Waals surface area contributed by atoms with Gasteiger partial charge in [0.2, 0.25) is 5.91 Å². The number of nitrogens with one attached hydrogen (secondary N) is 1. The van der Waals surface area contributed by atoms with E-state index in [9.17, 15) is 4.79 Å². The molecule has 0 aliphatic carbocycles. The molecule has 0 radical (unpaired) electrons. The van der Waals surface area contributed by atoms with E-state index in [0.29, 0.717) is 12.0 Å². The lowest BCUT2D eigenvalue weighted by molar-refractivity contribution is -0.120. The van der Waals surface area contributed by atoms with Crippen LogP contribution in [-0.4, -0.2) is 37.0 Å². The molecule has 1 saturated heterocycles. The highest BCUT2D eigenvalue weighted by atomic mass is 16.1. The van der Waals surface area contributed by atoms with Gasteiger partial charge in [0, 0.05) is 13.0 Å². The first kappa shape index (κ1) is 13.5. The van der Waals surface area contributed by atoms with Crippen LogP contribution in [0.1, 0.15) is 40.0 Å².